The summed E-state index contributed by atoms with van der Waals surface area (Å²) in [5.74, 6) is 2.59. The molecular formula is C10H19-. The summed E-state index contributed by atoms with van der Waals surface area (Å²) in [6.07, 6.45) is 4.19. The van der Waals surface area contributed by atoms with Crippen LogP contribution in [0.5, 0.6) is 0 Å². The first-order valence-electron chi connectivity index (χ1n) is 4.38. The van der Waals surface area contributed by atoms with Crippen molar-refractivity contribution >= 4 is 0 Å². The second-order valence-electron chi connectivity index (χ2n) is 4.30. The summed E-state index contributed by atoms with van der Waals surface area (Å²) < 4.78 is 0. The van der Waals surface area contributed by atoms with E-state index in [1.807, 2.05) is 0 Å². The normalized spacial score (nSPS) is 34.2. The Morgan fingerprint density at radius 1 is 1.40 bits per heavy atom. The fourth-order valence-corrected chi connectivity index (χ4v) is 1.78. The highest BCUT2D eigenvalue weighted by Gasteiger charge is 2.24. The number of rotatable bonds is 0. The Labute approximate surface area is 65.0 Å². The van der Waals surface area contributed by atoms with Crippen molar-refractivity contribution in [2.24, 2.45) is 11.3 Å². The summed E-state index contributed by atoms with van der Waals surface area (Å²) >= 11 is 0. The Hall–Kier alpha value is 0. The van der Waals surface area contributed by atoms with Crippen LogP contribution in [-0.2, 0) is 0 Å². The lowest BCUT2D eigenvalue weighted by Gasteiger charge is -2.53. The van der Waals surface area contributed by atoms with E-state index in [0.717, 1.165) is 5.92 Å². The Balaban J connectivity index is 2.63. The third-order valence-electron chi connectivity index (χ3n) is 3.52. The van der Waals surface area contributed by atoms with E-state index in [1.165, 1.54) is 19.3 Å². The Kier molecular flexibility index (Phi) is 2.07. The first kappa shape index (κ1) is 8.10. The van der Waals surface area contributed by atoms with Crippen molar-refractivity contribution in [3.63, 3.8) is 0 Å². The maximum Gasteiger partial charge on any atom is -0.0551 e. The SMILES string of the molecule is C[C-]1CCCC(C)C1(C)C. The van der Waals surface area contributed by atoms with E-state index >= 15 is 0 Å². The molecule has 0 heterocycles. The Morgan fingerprint density at radius 2 is 2.00 bits per heavy atom. The van der Waals surface area contributed by atoms with Crippen LogP contribution < -0.4 is 0 Å². The van der Waals surface area contributed by atoms with Crippen LogP contribution in [0.2, 0.25) is 0 Å². The van der Waals surface area contributed by atoms with E-state index in [2.05, 4.69) is 27.7 Å². The summed E-state index contributed by atoms with van der Waals surface area (Å²) in [4.78, 5) is 0. The van der Waals surface area contributed by atoms with Crippen molar-refractivity contribution in [1.82, 2.24) is 0 Å². The smallest absolute Gasteiger partial charge is 0.0551 e. The second-order valence-corrected chi connectivity index (χ2v) is 4.30. The average Bonchev–Trinajstić information content (AvgIpc) is 1.84. The van der Waals surface area contributed by atoms with Gasteiger partial charge in [0, 0.05) is 0 Å². The van der Waals surface area contributed by atoms with Crippen LogP contribution >= 0.6 is 0 Å². The molecule has 0 aromatic carbocycles. The predicted octanol–water partition coefficient (Wildman–Crippen LogP) is 3.43. The third-order valence-corrected chi connectivity index (χ3v) is 3.52. The fourth-order valence-electron chi connectivity index (χ4n) is 1.78. The zero-order valence-electron chi connectivity index (χ0n) is 7.70. The van der Waals surface area contributed by atoms with Gasteiger partial charge in [-0.2, -0.15) is 18.8 Å². The van der Waals surface area contributed by atoms with Crippen LogP contribution in [0.4, 0.5) is 0 Å². The highest BCUT2D eigenvalue weighted by atomic mass is 14.4. The van der Waals surface area contributed by atoms with E-state index in [4.69, 9.17) is 0 Å². The number of hydrogen-bond acceptors (Lipinski definition) is 0. The third kappa shape index (κ3) is 1.21. The molecule has 0 spiro atoms. The summed E-state index contributed by atoms with van der Waals surface area (Å²) in [5.41, 5.74) is 0.512. The molecule has 0 radical (unpaired) electrons. The first-order valence-corrected chi connectivity index (χ1v) is 4.38. The lowest BCUT2D eigenvalue weighted by Crippen LogP contribution is -2.31. The molecule has 1 aliphatic carbocycles. The molecule has 1 saturated carbocycles. The van der Waals surface area contributed by atoms with Crippen LogP contribution in [0, 0.1) is 17.3 Å². The van der Waals surface area contributed by atoms with Crippen molar-refractivity contribution in [2.45, 2.75) is 47.0 Å². The van der Waals surface area contributed by atoms with Gasteiger partial charge in [0.05, 0.1) is 0 Å². The molecule has 0 N–H and O–H groups in total. The zero-order chi connectivity index (χ0) is 7.78. The molecule has 1 unspecified atom stereocenters. The molecular weight excluding hydrogens is 120 g/mol. The predicted molar refractivity (Wildman–Crippen MR) is 45.7 cm³/mol. The van der Waals surface area contributed by atoms with Gasteiger partial charge in [0.1, 0.15) is 0 Å². The van der Waals surface area contributed by atoms with Gasteiger partial charge in [-0.15, -0.1) is 0 Å². The summed E-state index contributed by atoms with van der Waals surface area (Å²) in [6.45, 7) is 9.46. The van der Waals surface area contributed by atoms with E-state index in [-0.39, 0.29) is 0 Å². The number of hydrogen-bond donors (Lipinski definition) is 0. The lowest BCUT2D eigenvalue weighted by molar-refractivity contribution is 0.186. The largest absolute Gasteiger partial charge is 0.311 e. The van der Waals surface area contributed by atoms with Crippen LogP contribution in [0.15, 0.2) is 0 Å². The fraction of sp³-hybridized carbons (Fsp3) is 0.900. The minimum atomic E-state index is 0.512. The van der Waals surface area contributed by atoms with Gasteiger partial charge in [-0.25, -0.2) is 0 Å². The van der Waals surface area contributed by atoms with Gasteiger partial charge in [0.2, 0.25) is 0 Å². The molecule has 10 heavy (non-hydrogen) atoms. The van der Waals surface area contributed by atoms with E-state index in [1.54, 1.807) is 5.92 Å². The molecule has 0 aromatic rings. The molecule has 0 aliphatic heterocycles. The van der Waals surface area contributed by atoms with E-state index in [9.17, 15) is 0 Å². The summed E-state index contributed by atoms with van der Waals surface area (Å²) in [6, 6.07) is 0. The van der Waals surface area contributed by atoms with Gasteiger partial charge in [0.15, 0.2) is 0 Å². The van der Waals surface area contributed by atoms with E-state index < -0.39 is 0 Å². The molecule has 60 valence electrons. The van der Waals surface area contributed by atoms with Gasteiger partial charge in [0.25, 0.3) is 0 Å². The van der Waals surface area contributed by atoms with Gasteiger partial charge in [-0.05, 0) is 0 Å². The molecule has 1 fully saturated rings. The first-order chi connectivity index (χ1) is 4.55. The van der Waals surface area contributed by atoms with Crippen molar-refractivity contribution in [3.05, 3.63) is 5.92 Å². The maximum absolute atomic E-state index is 2.38. The van der Waals surface area contributed by atoms with Crippen LogP contribution in [0.25, 0.3) is 0 Å². The highest BCUT2D eigenvalue weighted by molar-refractivity contribution is 5.04. The molecule has 1 atom stereocenters. The van der Waals surface area contributed by atoms with Crippen molar-refractivity contribution < 1.29 is 0 Å². The molecule has 0 bridgehead atoms. The average molecular weight is 139 g/mol. The Bertz CT molecular complexity index is 101. The van der Waals surface area contributed by atoms with Crippen molar-refractivity contribution in [3.8, 4) is 0 Å². The standard InChI is InChI=1S/C10H19/c1-8-6-5-7-9(2)10(8,3)4/h8H,5-7H2,1-4H3/q-1. The summed E-state index contributed by atoms with van der Waals surface area (Å²) in [5, 5.41) is 0. The molecule has 1 rings (SSSR count). The van der Waals surface area contributed by atoms with Gasteiger partial charge in [-0.1, -0.05) is 39.5 Å². The molecule has 0 nitrogen and oxygen atoms in total. The quantitative estimate of drug-likeness (QED) is 0.451. The van der Waals surface area contributed by atoms with Gasteiger partial charge >= 0.3 is 0 Å². The van der Waals surface area contributed by atoms with Crippen molar-refractivity contribution in [1.29, 1.82) is 0 Å². The molecule has 0 amide bonds. The van der Waals surface area contributed by atoms with Crippen LogP contribution in [0.1, 0.15) is 47.0 Å². The second kappa shape index (κ2) is 2.56. The minimum Gasteiger partial charge on any atom is -0.311 e. The molecule has 0 aromatic heterocycles. The van der Waals surface area contributed by atoms with Gasteiger partial charge < -0.3 is 5.92 Å². The molecule has 0 saturated heterocycles. The van der Waals surface area contributed by atoms with E-state index in [0.29, 0.717) is 5.41 Å². The van der Waals surface area contributed by atoms with Crippen molar-refractivity contribution in [2.75, 3.05) is 0 Å². The Morgan fingerprint density at radius 3 is 2.40 bits per heavy atom. The zero-order valence-corrected chi connectivity index (χ0v) is 7.70. The lowest BCUT2D eigenvalue weighted by atomic mass is 9.64. The van der Waals surface area contributed by atoms with Gasteiger partial charge in [-0.3, -0.25) is 0 Å². The van der Waals surface area contributed by atoms with Crippen LogP contribution in [-0.4, -0.2) is 0 Å². The maximum atomic E-state index is 2.38. The molecule has 0 heteroatoms. The highest BCUT2D eigenvalue weighted by Crippen LogP contribution is 2.45. The van der Waals surface area contributed by atoms with Crippen LogP contribution in [0.3, 0.4) is 0 Å². The summed E-state index contributed by atoms with van der Waals surface area (Å²) in [7, 11) is 0. The minimum absolute atomic E-state index is 0.512. The topological polar surface area (TPSA) is 0 Å². The monoisotopic (exact) mass is 139 g/mol. The molecule has 1 aliphatic rings.